The number of hydrogen-bond donors (Lipinski definition) is 0. The molecule has 0 saturated heterocycles. The summed E-state index contributed by atoms with van der Waals surface area (Å²) in [5, 5.41) is 7.47. The van der Waals surface area contributed by atoms with Crippen LogP contribution in [0.5, 0.6) is 0 Å². The summed E-state index contributed by atoms with van der Waals surface area (Å²) in [4.78, 5) is 1.13. The molecule has 0 radical (unpaired) electrons. The van der Waals surface area contributed by atoms with E-state index in [1.165, 1.54) is 0 Å². The standard InChI is InChI=1S/C8H12ClF3N2/c1-6(2)14(4-7(9)3-13)5-8(10,11)12/h6-7H,4-5H2,1-2H3. The van der Waals surface area contributed by atoms with Crippen LogP contribution in [0.2, 0.25) is 0 Å². The molecule has 0 rings (SSSR count). The van der Waals surface area contributed by atoms with Crippen molar-refractivity contribution in [3.8, 4) is 6.07 Å². The van der Waals surface area contributed by atoms with E-state index >= 15 is 0 Å². The number of halogens is 4. The molecule has 0 aromatic rings. The largest absolute Gasteiger partial charge is 0.401 e. The van der Waals surface area contributed by atoms with Crippen LogP contribution in [0.3, 0.4) is 0 Å². The van der Waals surface area contributed by atoms with Gasteiger partial charge in [0, 0.05) is 12.6 Å². The molecule has 0 aliphatic rings. The van der Waals surface area contributed by atoms with Gasteiger partial charge in [0.05, 0.1) is 12.6 Å². The van der Waals surface area contributed by atoms with Crippen molar-refractivity contribution in [2.75, 3.05) is 13.1 Å². The third-order valence-electron chi connectivity index (χ3n) is 1.65. The Labute approximate surface area is 86.2 Å². The van der Waals surface area contributed by atoms with Crippen LogP contribution >= 0.6 is 11.6 Å². The van der Waals surface area contributed by atoms with E-state index in [4.69, 9.17) is 16.9 Å². The van der Waals surface area contributed by atoms with E-state index in [9.17, 15) is 13.2 Å². The Morgan fingerprint density at radius 1 is 1.43 bits per heavy atom. The third kappa shape index (κ3) is 6.06. The maximum absolute atomic E-state index is 12.1. The smallest absolute Gasteiger partial charge is 0.290 e. The minimum atomic E-state index is -4.25. The van der Waals surface area contributed by atoms with Crippen molar-refractivity contribution in [3.63, 3.8) is 0 Å². The molecule has 0 aromatic heterocycles. The molecule has 0 N–H and O–H groups in total. The van der Waals surface area contributed by atoms with E-state index in [2.05, 4.69) is 0 Å². The van der Waals surface area contributed by atoms with Gasteiger partial charge in [-0.2, -0.15) is 18.4 Å². The molecule has 0 aromatic carbocycles. The number of nitrogens with zero attached hydrogens (tertiary/aromatic N) is 2. The van der Waals surface area contributed by atoms with Crippen LogP contribution in [0.25, 0.3) is 0 Å². The summed E-state index contributed by atoms with van der Waals surface area (Å²) in [7, 11) is 0. The summed E-state index contributed by atoms with van der Waals surface area (Å²) in [6.07, 6.45) is -4.25. The van der Waals surface area contributed by atoms with Crippen molar-refractivity contribution in [1.82, 2.24) is 4.90 Å². The zero-order valence-corrected chi connectivity index (χ0v) is 8.73. The van der Waals surface area contributed by atoms with Crippen molar-refractivity contribution < 1.29 is 13.2 Å². The lowest BCUT2D eigenvalue weighted by molar-refractivity contribution is -0.149. The first-order chi connectivity index (χ1) is 6.26. The second kappa shape index (κ2) is 5.42. The second-order valence-corrected chi connectivity index (χ2v) is 3.76. The quantitative estimate of drug-likeness (QED) is 0.691. The van der Waals surface area contributed by atoms with Crippen molar-refractivity contribution in [1.29, 1.82) is 5.26 Å². The molecule has 0 spiro atoms. The Morgan fingerprint density at radius 2 is 1.93 bits per heavy atom. The summed E-state index contributed by atoms with van der Waals surface area (Å²) in [6, 6.07) is 1.41. The predicted molar refractivity (Wildman–Crippen MR) is 48.0 cm³/mol. The van der Waals surface area contributed by atoms with Gasteiger partial charge in [-0.25, -0.2) is 0 Å². The zero-order valence-electron chi connectivity index (χ0n) is 7.98. The van der Waals surface area contributed by atoms with E-state index < -0.39 is 18.1 Å². The number of hydrogen-bond acceptors (Lipinski definition) is 2. The fraction of sp³-hybridized carbons (Fsp3) is 0.875. The van der Waals surface area contributed by atoms with E-state index in [0.29, 0.717) is 0 Å². The van der Waals surface area contributed by atoms with Gasteiger partial charge >= 0.3 is 6.18 Å². The minimum Gasteiger partial charge on any atom is -0.290 e. The highest BCUT2D eigenvalue weighted by molar-refractivity contribution is 6.22. The van der Waals surface area contributed by atoms with E-state index in [0.717, 1.165) is 4.90 Å². The normalized spacial score (nSPS) is 14.5. The molecule has 0 aliphatic heterocycles. The van der Waals surface area contributed by atoms with Gasteiger partial charge in [0.15, 0.2) is 0 Å². The Bertz CT molecular complexity index is 210. The predicted octanol–water partition coefficient (Wildman–Crippen LogP) is 2.39. The monoisotopic (exact) mass is 228 g/mol. The van der Waals surface area contributed by atoms with Gasteiger partial charge in [0.1, 0.15) is 5.38 Å². The SMILES string of the molecule is CC(C)N(CC(Cl)C#N)CC(F)(F)F. The highest BCUT2D eigenvalue weighted by Gasteiger charge is 2.32. The lowest BCUT2D eigenvalue weighted by Crippen LogP contribution is -2.42. The zero-order chi connectivity index (χ0) is 11.4. The van der Waals surface area contributed by atoms with Crippen LogP contribution in [-0.2, 0) is 0 Å². The molecular formula is C8H12ClF3N2. The molecule has 0 saturated carbocycles. The third-order valence-corrected chi connectivity index (χ3v) is 1.88. The van der Waals surface area contributed by atoms with Crippen molar-refractivity contribution in [2.45, 2.75) is 31.4 Å². The van der Waals surface area contributed by atoms with Crippen molar-refractivity contribution in [2.24, 2.45) is 0 Å². The molecule has 1 unspecified atom stereocenters. The molecule has 0 aliphatic carbocycles. The molecule has 0 bridgehead atoms. The Hall–Kier alpha value is -0.470. The Kier molecular flexibility index (Phi) is 5.24. The first-order valence-electron chi connectivity index (χ1n) is 4.10. The average Bonchev–Trinajstić information content (AvgIpc) is 2.00. The molecule has 2 nitrogen and oxygen atoms in total. The topological polar surface area (TPSA) is 27.0 Å². The van der Waals surface area contributed by atoms with Gasteiger partial charge < -0.3 is 0 Å². The van der Waals surface area contributed by atoms with Gasteiger partial charge in [-0.05, 0) is 13.8 Å². The molecule has 1 atom stereocenters. The van der Waals surface area contributed by atoms with Gasteiger partial charge in [0.25, 0.3) is 0 Å². The molecule has 0 heterocycles. The lowest BCUT2D eigenvalue weighted by atomic mass is 10.3. The van der Waals surface area contributed by atoms with Gasteiger partial charge in [-0.15, -0.1) is 11.6 Å². The fourth-order valence-electron chi connectivity index (χ4n) is 0.935. The number of alkyl halides is 4. The molecule has 14 heavy (non-hydrogen) atoms. The van der Waals surface area contributed by atoms with Crippen LogP contribution in [-0.4, -0.2) is 35.6 Å². The number of nitriles is 1. The summed E-state index contributed by atoms with van der Waals surface area (Å²) in [5.41, 5.74) is 0. The second-order valence-electron chi connectivity index (χ2n) is 3.24. The van der Waals surface area contributed by atoms with Crippen molar-refractivity contribution in [3.05, 3.63) is 0 Å². The average molecular weight is 229 g/mol. The molecule has 82 valence electrons. The summed E-state index contributed by atoms with van der Waals surface area (Å²) in [6.45, 7) is 2.16. The fourth-order valence-corrected chi connectivity index (χ4v) is 1.11. The van der Waals surface area contributed by atoms with Crippen LogP contribution < -0.4 is 0 Å². The molecule has 0 fully saturated rings. The Balaban J connectivity index is 4.25. The van der Waals surface area contributed by atoms with E-state index in [-0.39, 0.29) is 12.6 Å². The maximum Gasteiger partial charge on any atom is 0.401 e. The highest BCUT2D eigenvalue weighted by atomic mass is 35.5. The van der Waals surface area contributed by atoms with Gasteiger partial charge in [-0.3, -0.25) is 4.90 Å². The van der Waals surface area contributed by atoms with Crippen LogP contribution in [0, 0.1) is 11.3 Å². The first kappa shape index (κ1) is 13.5. The van der Waals surface area contributed by atoms with Crippen LogP contribution in [0.1, 0.15) is 13.8 Å². The molecular weight excluding hydrogens is 217 g/mol. The summed E-state index contributed by atoms with van der Waals surface area (Å²) >= 11 is 5.46. The Morgan fingerprint density at radius 3 is 2.21 bits per heavy atom. The summed E-state index contributed by atoms with van der Waals surface area (Å²) in [5.74, 6) is 0. The molecule has 0 amide bonds. The number of rotatable bonds is 4. The highest BCUT2D eigenvalue weighted by Crippen LogP contribution is 2.18. The van der Waals surface area contributed by atoms with Crippen LogP contribution in [0.15, 0.2) is 0 Å². The van der Waals surface area contributed by atoms with Crippen molar-refractivity contribution >= 4 is 11.6 Å². The van der Waals surface area contributed by atoms with Crippen LogP contribution in [0.4, 0.5) is 13.2 Å². The van der Waals surface area contributed by atoms with Gasteiger partial charge in [0.2, 0.25) is 0 Å². The van der Waals surface area contributed by atoms with E-state index in [1.807, 2.05) is 0 Å². The maximum atomic E-state index is 12.1. The minimum absolute atomic E-state index is 0.0742. The lowest BCUT2D eigenvalue weighted by Gasteiger charge is -2.27. The first-order valence-corrected chi connectivity index (χ1v) is 4.54. The summed E-state index contributed by atoms with van der Waals surface area (Å²) < 4.78 is 36.2. The molecule has 6 heteroatoms. The van der Waals surface area contributed by atoms with Gasteiger partial charge in [-0.1, -0.05) is 0 Å². The van der Waals surface area contributed by atoms with E-state index in [1.54, 1.807) is 19.9 Å².